The van der Waals surface area contributed by atoms with Crippen molar-refractivity contribution in [2.75, 3.05) is 32.1 Å². The zero-order valence-electron chi connectivity index (χ0n) is 13.1. The number of nitrogens with zero attached hydrogens (tertiary/aromatic N) is 5. The van der Waals surface area contributed by atoms with Crippen LogP contribution in [0, 0.1) is 0 Å². The van der Waals surface area contributed by atoms with Crippen LogP contribution in [0.15, 0.2) is 23.0 Å². The van der Waals surface area contributed by atoms with Gasteiger partial charge >= 0.3 is 0 Å². The Morgan fingerprint density at radius 3 is 2.96 bits per heavy atom. The third-order valence-electron chi connectivity index (χ3n) is 3.86. The van der Waals surface area contributed by atoms with Crippen molar-refractivity contribution >= 4 is 11.9 Å². The number of piperidine rings is 1. The van der Waals surface area contributed by atoms with Crippen molar-refractivity contribution in [3.63, 3.8) is 0 Å². The van der Waals surface area contributed by atoms with E-state index in [-0.39, 0.29) is 17.6 Å². The number of likely N-dealkylation sites (tertiary alicyclic amines) is 1. The minimum atomic E-state index is -0.148. The SMILES string of the molecule is CN(C)c1noc(C2CCCN(C(=O)c3cncc(O)c3)C2)n1. The van der Waals surface area contributed by atoms with Crippen molar-refractivity contribution in [1.29, 1.82) is 0 Å². The first-order valence-corrected chi connectivity index (χ1v) is 7.49. The van der Waals surface area contributed by atoms with Crippen LogP contribution < -0.4 is 4.90 Å². The molecule has 1 atom stereocenters. The lowest BCUT2D eigenvalue weighted by atomic mass is 9.97. The van der Waals surface area contributed by atoms with Crippen LogP contribution in [0.1, 0.15) is 35.0 Å². The van der Waals surface area contributed by atoms with Gasteiger partial charge in [-0.25, -0.2) is 0 Å². The first-order chi connectivity index (χ1) is 11.0. The number of aromatic nitrogens is 3. The molecule has 0 aromatic carbocycles. The minimum absolute atomic E-state index is 0.0167. The Labute approximate surface area is 133 Å². The zero-order valence-corrected chi connectivity index (χ0v) is 13.1. The lowest BCUT2D eigenvalue weighted by Gasteiger charge is -2.31. The first kappa shape index (κ1) is 15.3. The van der Waals surface area contributed by atoms with Crippen LogP contribution in [0.4, 0.5) is 5.95 Å². The summed E-state index contributed by atoms with van der Waals surface area (Å²) in [6.45, 7) is 1.18. The van der Waals surface area contributed by atoms with Crippen molar-refractivity contribution in [1.82, 2.24) is 20.0 Å². The van der Waals surface area contributed by atoms with E-state index >= 15 is 0 Å². The van der Waals surface area contributed by atoms with Crippen LogP contribution in [-0.2, 0) is 0 Å². The van der Waals surface area contributed by atoms with Gasteiger partial charge in [-0.05, 0) is 24.1 Å². The number of pyridine rings is 1. The van der Waals surface area contributed by atoms with Crippen LogP contribution in [-0.4, -0.2) is 58.2 Å². The fourth-order valence-corrected chi connectivity index (χ4v) is 2.66. The summed E-state index contributed by atoms with van der Waals surface area (Å²) in [7, 11) is 3.69. The fraction of sp³-hybridized carbons (Fsp3) is 0.467. The van der Waals surface area contributed by atoms with Gasteiger partial charge in [-0.1, -0.05) is 0 Å². The molecular weight excluding hydrogens is 298 g/mol. The Morgan fingerprint density at radius 2 is 2.26 bits per heavy atom. The van der Waals surface area contributed by atoms with Gasteiger partial charge in [0.25, 0.3) is 11.9 Å². The summed E-state index contributed by atoms with van der Waals surface area (Å²) in [5.41, 5.74) is 0.380. The number of aromatic hydroxyl groups is 1. The number of amides is 1. The normalized spacial score (nSPS) is 18.0. The summed E-state index contributed by atoms with van der Waals surface area (Å²) in [5, 5.41) is 13.4. The Kier molecular flexibility index (Phi) is 4.14. The van der Waals surface area contributed by atoms with Gasteiger partial charge in [-0.15, -0.1) is 0 Å². The maximum atomic E-state index is 12.5. The zero-order chi connectivity index (χ0) is 16.4. The van der Waals surface area contributed by atoms with Gasteiger partial charge in [0.15, 0.2) is 0 Å². The van der Waals surface area contributed by atoms with E-state index in [9.17, 15) is 9.90 Å². The second kappa shape index (κ2) is 6.23. The number of carbonyl (C=O) groups is 1. The summed E-state index contributed by atoms with van der Waals surface area (Å²) < 4.78 is 5.33. The molecule has 3 heterocycles. The molecule has 0 saturated carbocycles. The summed E-state index contributed by atoms with van der Waals surface area (Å²) in [4.78, 5) is 24.3. The van der Waals surface area contributed by atoms with Crippen LogP contribution >= 0.6 is 0 Å². The number of hydrogen-bond acceptors (Lipinski definition) is 7. The predicted molar refractivity (Wildman–Crippen MR) is 82.4 cm³/mol. The Hall–Kier alpha value is -2.64. The molecule has 0 bridgehead atoms. The highest BCUT2D eigenvalue weighted by Crippen LogP contribution is 2.27. The number of hydrogen-bond donors (Lipinski definition) is 1. The number of carbonyl (C=O) groups excluding carboxylic acids is 1. The van der Waals surface area contributed by atoms with Crippen molar-refractivity contribution in [2.24, 2.45) is 0 Å². The average molecular weight is 317 g/mol. The predicted octanol–water partition coefficient (Wildman–Crippen LogP) is 1.26. The number of rotatable bonds is 3. The molecule has 1 aliphatic rings. The van der Waals surface area contributed by atoms with E-state index in [2.05, 4.69) is 15.1 Å². The van der Waals surface area contributed by atoms with Crippen LogP contribution in [0.25, 0.3) is 0 Å². The van der Waals surface area contributed by atoms with Gasteiger partial charge in [-0.3, -0.25) is 9.78 Å². The molecule has 0 aliphatic carbocycles. The van der Waals surface area contributed by atoms with Gasteiger partial charge in [0.1, 0.15) is 5.75 Å². The molecule has 8 heteroatoms. The minimum Gasteiger partial charge on any atom is -0.506 e. The summed E-state index contributed by atoms with van der Waals surface area (Å²) in [6, 6.07) is 1.43. The Morgan fingerprint density at radius 1 is 1.43 bits per heavy atom. The monoisotopic (exact) mass is 317 g/mol. The van der Waals surface area contributed by atoms with E-state index in [4.69, 9.17) is 4.52 Å². The van der Waals surface area contributed by atoms with Gasteiger partial charge in [0.2, 0.25) is 5.89 Å². The van der Waals surface area contributed by atoms with Gasteiger partial charge in [-0.2, -0.15) is 4.98 Å². The van der Waals surface area contributed by atoms with E-state index in [1.165, 1.54) is 18.5 Å². The molecule has 122 valence electrons. The second-order valence-corrected chi connectivity index (χ2v) is 5.85. The summed E-state index contributed by atoms with van der Waals surface area (Å²) in [6.07, 6.45) is 4.53. The van der Waals surface area contributed by atoms with E-state index in [1.54, 1.807) is 9.80 Å². The molecule has 1 fully saturated rings. The Balaban J connectivity index is 1.73. The highest BCUT2D eigenvalue weighted by molar-refractivity contribution is 5.94. The third kappa shape index (κ3) is 3.25. The summed E-state index contributed by atoms with van der Waals surface area (Å²) >= 11 is 0. The molecule has 2 aromatic heterocycles. The molecule has 1 saturated heterocycles. The quantitative estimate of drug-likeness (QED) is 0.910. The molecular formula is C15H19N5O3. The molecule has 1 unspecified atom stereocenters. The molecule has 8 nitrogen and oxygen atoms in total. The molecule has 1 aliphatic heterocycles. The molecule has 1 amide bonds. The topological polar surface area (TPSA) is 95.6 Å². The maximum absolute atomic E-state index is 12.5. The van der Waals surface area contributed by atoms with E-state index in [0.29, 0.717) is 30.5 Å². The largest absolute Gasteiger partial charge is 0.506 e. The molecule has 0 spiro atoms. The average Bonchev–Trinajstić information content (AvgIpc) is 3.04. The van der Waals surface area contributed by atoms with Crippen molar-refractivity contribution in [2.45, 2.75) is 18.8 Å². The fourth-order valence-electron chi connectivity index (χ4n) is 2.66. The van der Waals surface area contributed by atoms with E-state index in [1.807, 2.05) is 14.1 Å². The lowest BCUT2D eigenvalue weighted by Crippen LogP contribution is -2.39. The molecule has 1 N–H and O–H groups in total. The van der Waals surface area contributed by atoms with Crippen molar-refractivity contribution < 1.29 is 14.4 Å². The molecule has 23 heavy (non-hydrogen) atoms. The smallest absolute Gasteiger partial charge is 0.265 e. The summed E-state index contributed by atoms with van der Waals surface area (Å²) in [5.74, 6) is 0.947. The van der Waals surface area contributed by atoms with Crippen LogP contribution in [0.2, 0.25) is 0 Å². The molecule has 2 aromatic rings. The number of anilines is 1. The van der Waals surface area contributed by atoms with Gasteiger partial charge < -0.3 is 19.4 Å². The molecule has 0 radical (unpaired) electrons. The van der Waals surface area contributed by atoms with E-state index in [0.717, 1.165) is 12.8 Å². The molecule has 3 rings (SSSR count). The first-order valence-electron chi connectivity index (χ1n) is 7.49. The van der Waals surface area contributed by atoms with Crippen LogP contribution in [0.5, 0.6) is 5.75 Å². The maximum Gasteiger partial charge on any atom is 0.265 e. The third-order valence-corrected chi connectivity index (χ3v) is 3.86. The standard InChI is InChI=1S/C15H19N5O3/c1-19(2)15-17-13(23-18-15)10-4-3-5-20(9-10)14(22)11-6-12(21)8-16-7-11/h6-8,10,21H,3-5,9H2,1-2H3. The van der Waals surface area contributed by atoms with Crippen LogP contribution in [0.3, 0.4) is 0 Å². The highest BCUT2D eigenvalue weighted by atomic mass is 16.5. The Bertz CT molecular complexity index is 700. The second-order valence-electron chi connectivity index (χ2n) is 5.85. The lowest BCUT2D eigenvalue weighted by molar-refractivity contribution is 0.0695. The van der Waals surface area contributed by atoms with Gasteiger partial charge in [0, 0.05) is 33.4 Å². The van der Waals surface area contributed by atoms with Crippen molar-refractivity contribution in [3.8, 4) is 5.75 Å². The van der Waals surface area contributed by atoms with Crippen molar-refractivity contribution in [3.05, 3.63) is 29.9 Å². The van der Waals surface area contributed by atoms with Gasteiger partial charge in [0.05, 0.1) is 17.7 Å². The van der Waals surface area contributed by atoms with E-state index < -0.39 is 0 Å². The highest BCUT2D eigenvalue weighted by Gasteiger charge is 2.29.